The minimum absolute atomic E-state index is 0.260. The lowest BCUT2D eigenvalue weighted by molar-refractivity contribution is 0.228. The number of nitrogens with zero attached hydrogens (tertiary/aromatic N) is 1. The first-order valence-corrected chi connectivity index (χ1v) is 4.03. The Morgan fingerprint density at radius 3 is 2.75 bits per heavy atom. The Labute approximate surface area is 76.8 Å². The molecule has 0 saturated carbocycles. The van der Waals surface area contributed by atoms with E-state index in [1.807, 2.05) is 19.1 Å². The second-order valence-electron chi connectivity index (χ2n) is 2.65. The van der Waals surface area contributed by atoms with Gasteiger partial charge in [0.05, 0.1) is 6.54 Å². The van der Waals surface area contributed by atoms with E-state index in [9.17, 15) is 4.79 Å². The lowest BCUT2D eigenvalue weighted by atomic mass is 10.4. The summed E-state index contributed by atoms with van der Waals surface area (Å²) in [6.45, 7) is 2.34. The highest BCUT2D eigenvalue weighted by atomic mass is 32.1. The van der Waals surface area contributed by atoms with E-state index in [0.717, 1.165) is 11.5 Å². The van der Waals surface area contributed by atoms with Crippen molar-refractivity contribution in [2.75, 3.05) is 7.05 Å². The van der Waals surface area contributed by atoms with E-state index in [0.29, 0.717) is 6.54 Å². The van der Waals surface area contributed by atoms with Crippen LogP contribution in [-0.4, -0.2) is 17.2 Å². The van der Waals surface area contributed by atoms with E-state index in [2.05, 4.69) is 12.6 Å². The quantitative estimate of drug-likeness (QED) is 0.715. The van der Waals surface area contributed by atoms with Crippen LogP contribution in [0.5, 0.6) is 0 Å². The highest BCUT2D eigenvalue weighted by Gasteiger charge is 2.06. The second kappa shape index (κ2) is 3.67. The molecule has 1 aromatic rings. The van der Waals surface area contributed by atoms with Crippen molar-refractivity contribution in [2.24, 2.45) is 0 Å². The number of aryl methyl sites for hydroxylation is 1. The van der Waals surface area contributed by atoms with Gasteiger partial charge in [0.15, 0.2) is 0 Å². The molecule has 3 nitrogen and oxygen atoms in total. The van der Waals surface area contributed by atoms with Crippen molar-refractivity contribution < 1.29 is 9.21 Å². The molecule has 1 amide bonds. The number of hydrogen-bond donors (Lipinski definition) is 1. The Kier molecular flexibility index (Phi) is 2.81. The molecule has 0 radical (unpaired) electrons. The molecule has 1 heterocycles. The Morgan fingerprint density at radius 2 is 2.33 bits per heavy atom. The fourth-order valence-corrected chi connectivity index (χ4v) is 0.942. The van der Waals surface area contributed by atoms with Gasteiger partial charge in [-0.2, -0.15) is 0 Å². The molecule has 0 atom stereocenters. The van der Waals surface area contributed by atoms with Crippen LogP contribution in [0.15, 0.2) is 16.5 Å². The average molecular weight is 185 g/mol. The van der Waals surface area contributed by atoms with Crippen LogP contribution in [0.2, 0.25) is 0 Å². The first-order valence-electron chi connectivity index (χ1n) is 3.59. The largest absolute Gasteiger partial charge is 0.464 e. The summed E-state index contributed by atoms with van der Waals surface area (Å²) in [6, 6.07) is 3.72. The molecule has 0 aliphatic carbocycles. The fourth-order valence-electron chi connectivity index (χ4n) is 0.871. The third-order valence-corrected chi connectivity index (χ3v) is 1.86. The van der Waals surface area contributed by atoms with E-state index in [1.54, 1.807) is 7.05 Å². The predicted molar refractivity (Wildman–Crippen MR) is 49.3 cm³/mol. The van der Waals surface area contributed by atoms with Crippen LogP contribution in [0.25, 0.3) is 0 Å². The molecule has 66 valence electrons. The monoisotopic (exact) mass is 185 g/mol. The lowest BCUT2D eigenvalue weighted by Crippen LogP contribution is -2.19. The minimum Gasteiger partial charge on any atom is -0.464 e. The molecule has 0 aromatic carbocycles. The molecule has 0 saturated heterocycles. The van der Waals surface area contributed by atoms with Crippen molar-refractivity contribution in [3.63, 3.8) is 0 Å². The summed E-state index contributed by atoms with van der Waals surface area (Å²) in [4.78, 5) is 12.2. The fraction of sp³-hybridized carbons (Fsp3) is 0.375. The van der Waals surface area contributed by atoms with E-state index in [1.165, 1.54) is 4.90 Å². The van der Waals surface area contributed by atoms with Crippen LogP contribution in [0.4, 0.5) is 4.79 Å². The Balaban J connectivity index is 2.58. The first-order chi connectivity index (χ1) is 5.59. The zero-order valence-corrected chi connectivity index (χ0v) is 7.97. The third kappa shape index (κ3) is 2.30. The van der Waals surface area contributed by atoms with Gasteiger partial charge in [0.1, 0.15) is 11.5 Å². The van der Waals surface area contributed by atoms with Gasteiger partial charge < -0.3 is 9.32 Å². The van der Waals surface area contributed by atoms with Crippen molar-refractivity contribution >= 4 is 17.9 Å². The number of carbonyl (C=O) groups is 1. The molecule has 0 aliphatic rings. The van der Waals surface area contributed by atoms with Crippen molar-refractivity contribution in [1.29, 1.82) is 0 Å². The number of thiol groups is 1. The van der Waals surface area contributed by atoms with E-state index < -0.39 is 0 Å². The number of carbonyl (C=O) groups excluding carboxylic acids is 1. The maximum Gasteiger partial charge on any atom is 0.278 e. The molecule has 0 N–H and O–H groups in total. The van der Waals surface area contributed by atoms with Crippen LogP contribution < -0.4 is 0 Å². The predicted octanol–water partition coefficient (Wildman–Crippen LogP) is 2.07. The molecule has 4 heteroatoms. The molecule has 0 fully saturated rings. The maximum atomic E-state index is 10.7. The topological polar surface area (TPSA) is 33.5 Å². The molecular formula is C8H11NO2S. The van der Waals surface area contributed by atoms with Crippen LogP contribution in [0.1, 0.15) is 11.5 Å². The average Bonchev–Trinajstić information content (AvgIpc) is 2.35. The van der Waals surface area contributed by atoms with Gasteiger partial charge in [-0.15, -0.1) is 0 Å². The zero-order valence-electron chi connectivity index (χ0n) is 7.07. The summed E-state index contributed by atoms with van der Waals surface area (Å²) in [5.41, 5.74) is 0. The SMILES string of the molecule is Cc1ccc(CN(C)C(=O)S)o1. The molecule has 0 aliphatic heterocycles. The molecule has 1 aromatic heterocycles. The van der Waals surface area contributed by atoms with Crippen molar-refractivity contribution in [3.05, 3.63) is 23.7 Å². The van der Waals surface area contributed by atoms with E-state index in [-0.39, 0.29) is 5.24 Å². The summed E-state index contributed by atoms with van der Waals surface area (Å²) in [7, 11) is 1.67. The van der Waals surface area contributed by atoms with Crippen molar-refractivity contribution in [3.8, 4) is 0 Å². The van der Waals surface area contributed by atoms with Gasteiger partial charge >= 0.3 is 0 Å². The Hall–Kier alpha value is -0.900. The van der Waals surface area contributed by atoms with Gasteiger partial charge in [-0.3, -0.25) is 4.79 Å². The zero-order chi connectivity index (χ0) is 9.14. The third-order valence-electron chi connectivity index (χ3n) is 1.52. The minimum atomic E-state index is -0.260. The van der Waals surface area contributed by atoms with Gasteiger partial charge in [0.25, 0.3) is 5.24 Å². The summed E-state index contributed by atoms with van der Waals surface area (Å²) in [6.07, 6.45) is 0. The summed E-state index contributed by atoms with van der Waals surface area (Å²) in [5.74, 6) is 1.63. The van der Waals surface area contributed by atoms with Gasteiger partial charge in [-0.05, 0) is 19.1 Å². The number of furan rings is 1. The summed E-state index contributed by atoms with van der Waals surface area (Å²) < 4.78 is 5.28. The molecular weight excluding hydrogens is 174 g/mol. The van der Waals surface area contributed by atoms with Gasteiger partial charge in [-0.1, -0.05) is 12.6 Å². The number of hydrogen-bond acceptors (Lipinski definition) is 2. The van der Waals surface area contributed by atoms with Crippen LogP contribution in [-0.2, 0) is 6.54 Å². The molecule has 0 spiro atoms. The van der Waals surface area contributed by atoms with Crippen LogP contribution in [0.3, 0.4) is 0 Å². The number of amides is 1. The first kappa shape index (κ1) is 9.19. The normalized spacial score (nSPS) is 9.92. The maximum absolute atomic E-state index is 10.7. The smallest absolute Gasteiger partial charge is 0.278 e. The highest BCUT2D eigenvalue weighted by molar-refractivity contribution is 7.96. The molecule has 12 heavy (non-hydrogen) atoms. The van der Waals surface area contributed by atoms with E-state index in [4.69, 9.17) is 4.42 Å². The highest BCUT2D eigenvalue weighted by Crippen LogP contribution is 2.09. The molecule has 0 unspecified atom stereocenters. The molecule has 1 rings (SSSR count). The lowest BCUT2D eigenvalue weighted by Gasteiger charge is -2.10. The van der Waals surface area contributed by atoms with Crippen LogP contribution in [0, 0.1) is 6.92 Å². The van der Waals surface area contributed by atoms with Crippen LogP contribution >= 0.6 is 12.6 Å². The van der Waals surface area contributed by atoms with E-state index >= 15 is 0 Å². The summed E-state index contributed by atoms with van der Waals surface area (Å²) in [5, 5.41) is -0.260. The number of rotatable bonds is 2. The Morgan fingerprint density at radius 1 is 1.67 bits per heavy atom. The standard InChI is InChI=1S/C8H11NO2S/c1-6-3-4-7(11-6)5-9(2)8(10)12/h3-4H,5H2,1-2H3,(H,10,12). The summed E-state index contributed by atoms with van der Waals surface area (Å²) >= 11 is 3.68. The van der Waals surface area contributed by atoms with Crippen molar-refractivity contribution in [2.45, 2.75) is 13.5 Å². The van der Waals surface area contributed by atoms with Gasteiger partial charge in [0, 0.05) is 7.05 Å². The van der Waals surface area contributed by atoms with Gasteiger partial charge in [-0.25, -0.2) is 0 Å². The van der Waals surface area contributed by atoms with Crippen molar-refractivity contribution in [1.82, 2.24) is 4.90 Å². The molecule has 0 bridgehead atoms. The second-order valence-corrected chi connectivity index (χ2v) is 3.03. The Bertz CT molecular complexity index is 282. The van der Waals surface area contributed by atoms with Gasteiger partial charge in [0.2, 0.25) is 0 Å².